The quantitative estimate of drug-likeness (QED) is 0.127. The molecule has 0 unspecified atom stereocenters. The Morgan fingerprint density at radius 2 is 0.688 bits per heavy atom. The Morgan fingerprint density at radius 1 is 0.412 bits per heavy atom. The fraction of sp³-hybridized carbons (Fsp3) is 0.824. The van der Waals surface area contributed by atoms with E-state index in [1.165, 1.54) is 47.9 Å². The Bertz CT molecular complexity index is 1740. The Morgan fingerprint density at radius 3 is 0.975 bits per heavy atom. The molecule has 5 rings (SSSR count). The lowest BCUT2D eigenvalue weighted by atomic mass is 9.97. The molecule has 8 atom stereocenters. The second-order valence-electron chi connectivity index (χ2n) is 27.5. The molecule has 3 heterocycles. The summed E-state index contributed by atoms with van der Waals surface area (Å²) in [5.41, 5.74) is 5.46. The number of hydrogen-bond donors (Lipinski definition) is 0. The SMILES string of the molecule is COCC1CCN(Cc2ccc(C[C@@H]3CN(C)[C@@H](CC(C)C)CO[C@H](C)CN(C)[C@@H](CC(C)C)CO[C@H](Cc4ccc(CN5CCC(COC)CC5)cc4)CN(C)[C@@H](CC(C)C)CO[C@H](C)CN(C)[C@@H](CC(C)C)CO3)cc2)CC1. The maximum Gasteiger partial charge on any atom is 0.0743 e. The smallest absolute Gasteiger partial charge is 0.0743 e. The van der Waals surface area contributed by atoms with E-state index < -0.39 is 0 Å². The second-order valence-corrected chi connectivity index (χ2v) is 27.5. The van der Waals surface area contributed by atoms with Crippen molar-refractivity contribution in [2.24, 2.45) is 35.5 Å². The highest BCUT2D eigenvalue weighted by molar-refractivity contribution is 5.24. The molecule has 3 aliphatic rings. The summed E-state index contributed by atoms with van der Waals surface area (Å²) in [6, 6.07) is 20.0. The average molecular weight is 1120 g/mol. The van der Waals surface area contributed by atoms with Crippen LogP contribution < -0.4 is 0 Å². The van der Waals surface area contributed by atoms with Crippen LogP contribution in [0.1, 0.15) is 143 Å². The van der Waals surface area contributed by atoms with Crippen LogP contribution in [0.4, 0.5) is 0 Å². The van der Waals surface area contributed by atoms with Crippen LogP contribution in [0.25, 0.3) is 0 Å². The molecule has 460 valence electrons. The summed E-state index contributed by atoms with van der Waals surface area (Å²) >= 11 is 0. The summed E-state index contributed by atoms with van der Waals surface area (Å²) < 4.78 is 39.3. The molecule has 2 aromatic carbocycles. The van der Waals surface area contributed by atoms with E-state index in [1.54, 1.807) is 0 Å². The molecule has 0 N–H and O–H groups in total. The van der Waals surface area contributed by atoms with E-state index >= 15 is 0 Å². The van der Waals surface area contributed by atoms with Gasteiger partial charge in [0.2, 0.25) is 0 Å². The van der Waals surface area contributed by atoms with Gasteiger partial charge in [0.15, 0.2) is 0 Å². The van der Waals surface area contributed by atoms with E-state index in [1.807, 2.05) is 14.2 Å². The highest BCUT2D eigenvalue weighted by Crippen LogP contribution is 2.25. The molecule has 0 bridgehead atoms. The van der Waals surface area contributed by atoms with Gasteiger partial charge in [-0.05, 0) is 190 Å². The summed E-state index contributed by atoms with van der Waals surface area (Å²) in [6.07, 6.45) is 11.0. The predicted octanol–water partition coefficient (Wildman–Crippen LogP) is 11.2. The zero-order chi connectivity index (χ0) is 58.1. The van der Waals surface area contributed by atoms with Crippen molar-refractivity contribution in [3.05, 3.63) is 70.8 Å². The van der Waals surface area contributed by atoms with Crippen molar-refractivity contribution in [1.82, 2.24) is 29.4 Å². The van der Waals surface area contributed by atoms with Gasteiger partial charge in [-0.2, -0.15) is 0 Å². The number of ether oxygens (including phenoxy) is 6. The van der Waals surface area contributed by atoms with Gasteiger partial charge >= 0.3 is 0 Å². The third kappa shape index (κ3) is 26.1. The minimum atomic E-state index is 0.0260. The van der Waals surface area contributed by atoms with Crippen molar-refractivity contribution in [2.45, 2.75) is 195 Å². The number of likely N-dealkylation sites (tertiary alicyclic amines) is 2. The highest BCUT2D eigenvalue weighted by atomic mass is 16.5. The Labute approximate surface area is 491 Å². The fourth-order valence-electron chi connectivity index (χ4n) is 12.9. The lowest BCUT2D eigenvalue weighted by molar-refractivity contribution is -0.0536. The minimum Gasteiger partial charge on any atom is -0.384 e. The highest BCUT2D eigenvalue weighted by Gasteiger charge is 2.30. The molecule has 0 aliphatic carbocycles. The van der Waals surface area contributed by atoms with Crippen molar-refractivity contribution < 1.29 is 28.4 Å². The number of nitrogens with zero attached hydrogens (tertiary/aromatic N) is 6. The van der Waals surface area contributed by atoms with E-state index in [2.05, 4.69) is 175 Å². The standard InChI is InChI=1S/C68H122N6O6/c1-51(2)33-63-47-77-55(9)39-69(11)66(36-54(7)8)50-80-68(38-58-19-23-60(24-20-58)42-74-31-27-62(28-32-74)46-76-16)44-72(14)64(34-52(3)4)48-78-56(10)40-70(12)65(35-53(5)6)49-79-67(43-71(63)13)37-57-17-21-59(22-18-57)41-73-29-25-61(26-30-73)45-75-15/h17-24,51-56,61-68H,25-50H2,1-16H3/t55-,56-,63+,64+,65+,66+,67-,68-/m1/s1. The summed E-state index contributed by atoms with van der Waals surface area (Å²) in [7, 11) is 12.9. The average Bonchev–Trinajstić information content (AvgIpc) is 3.40. The molecule has 0 spiro atoms. The molecule has 12 nitrogen and oxygen atoms in total. The van der Waals surface area contributed by atoms with Crippen LogP contribution in [0.2, 0.25) is 0 Å². The maximum absolute atomic E-state index is 7.25. The van der Waals surface area contributed by atoms with Crippen LogP contribution >= 0.6 is 0 Å². The molecule has 0 radical (unpaired) electrons. The zero-order valence-electron chi connectivity index (χ0n) is 54.2. The zero-order valence-corrected chi connectivity index (χ0v) is 54.2. The first-order valence-corrected chi connectivity index (χ1v) is 32.1. The first-order valence-electron chi connectivity index (χ1n) is 32.1. The van der Waals surface area contributed by atoms with Crippen LogP contribution in [-0.4, -0.2) is 212 Å². The largest absolute Gasteiger partial charge is 0.384 e. The third-order valence-corrected chi connectivity index (χ3v) is 17.7. The number of piperidine rings is 2. The van der Waals surface area contributed by atoms with E-state index in [0.717, 1.165) is 117 Å². The minimum absolute atomic E-state index is 0.0260. The summed E-state index contributed by atoms with van der Waals surface area (Å²) in [4.78, 5) is 15.4. The van der Waals surface area contributed by atoms with E-state index in [4.69, 9.17) is 28.4 Å². The number of benzene rings is 2. The topological polar surface area (TPSA) is 74.8 Å². The van der Waals surface area contributed by atoms with Crippen molar-refractivity contribution in [3.63, 3.8) is 0 Å². The molecule has 0 saturated carbocycles. The Hall–Kier alpha value is -2.04. The van der Waals surface area contributed by atoms with Crippen molar-refractivity contribution >= 4 is 0 Å². The molecule has 2 aromatic rings. The van der Waals surface area contributed by atoms with Gasteiger partial charge in [0.25, 0.3) is 0 Å². The molecule has 3 fully saturated rings. The van der Waals surface area contributed by atoms with Gasteiger partial charge in [-0.25, -0.2) is 0 Å². The van der Waals surface area contributed by atoms with Gasteiger partial charge in [0, 0.05) is 90.9 Å². The van der Waals surface area contributed by atoms with Gasteiger partial charge in [0.1, 0.15) is 0 Å². The van der Waals surface area contributed by atoms with Crippen LogP contribution in [0.5, 0.6) is 0 Å². The second kappa shape index (κ2) is 36.7. The molecule has 0 aromatic heterocycles. The van der Waals surface area contributed by atoms with Crippen LogP contribution in [0, 0.1) is 35.5 Å². The van der Waals surface area contributed by atoms with Crippen LogP contribution in [-0.2, 0) is 54.4 Å². The van der Waals surface area contributed by atoms with E-state index in [9.17, 15) is 0 Å². The first-order chi connectivity index (χ1) is 38.2. The van der Waals surface area contributed by atoms with Crippen molar-refractivity contribution in [2.75, 3.05) is 134 Å². The summed E-state index contributed by atoms with van der Waals surface area (Å²) in [5.74, 6) is 3.52. The fourth-order valence-corrected chi connectivity index (χ4v) is 12.9. The Balaban J connectivity index is 1.37. The van der Waals surface area contributed by atoms with E-state index in [-0.39, 0.29) is 48.6 Å². The number of methoxy groups -OCH3 is 2. The van der Waals surface area contributed by atoms with Gasteiger partial charge < -0.3 is 28.4 Å². The van der Waals surface area contributed by atoms with Crippen molar-refractivity contribution in [1.29, 1.82) is 0 Å². The monoisotopic (exact) mass is 1120 g/mol. The molecule has 3 saturated heterocycles. The number of likely N-dealkylation sites (N-methyl/N-ethyl adjacent to an activating group) is 4. The van der Waals surface area contributed by atoms with Gasteiger partial charge in [0.05, 0.1) is 50.8 Å². The molecular formula is C68H122N6O6. The first kappa shape index (κ1) is 68.7. The maximum atomic E-state index is 7.25. The van der Waals surface area contributed by atoms with Crippen LogP contribution in [0.15, 0.2) is 48.5 Å². The van der Waals surface area contributed by atoms with Gasteiger partial charge in [-0.3, -0.25) is 29.4 Å². The molecule has 12 heteroatoms. The lowest BCUT2D eigenvalue weighted by Crippen LogP contribution is -2.47. The number of hydrogen-bond acceptors (Lipinski definition) is 12. The van der Waals surface area contributed by atoms with Gasteiger partial charge in [-0.1, -0.05) is 104 Å². The predicted molar refractivity (Wildman–Crippen MR) is 334 cm³/mol. The molecular weight excluding hydrogens is 997 g/mol. The third-order valence-electron chi connectivity index (χ3n) is 17.7. The lowest BCUT2D eigenvalue weighted by Gasteiger charge is -2.37. The summed E-state index contributed by atoms with van der Waals surface area (Å²) in [6.45, 7) is 37.8. The molecule has 80 heavy (non-hydrogen) atoms. The van der Waals surface area contributed by atoms with Crippen LogP contribution in [0.3, 0.4) is 0 Å². The number of rotatable bonds is 20. The van der Waals surface area contributed by atoms with Gasteiger partial charge in [-0.15, -0.1) is 0 Å². The van der Waals surface area contributed by atoms with E-state index in [0.29, 0.717) is 61.9 Å². The normalized spacial score (nSPS) is 27.6. The molecule has 0 amide bonds. The summed E-state index contributed by atoms with van der Waals surface area (Å²) in [5, 5.41) is 0. The molecule has 3 aliphatic heterocycles. The van der Waals surface area contributed by atoms with Crippen molar-refractivity contribution in [3.8, 4) is 0 Å². The Kier molecular flexibility index (Phi) is 31.6.